The van der Waals surface area contributed by atoms with Crippen LogP contribution in [0.2, 0.25) is 0 Å². The minimum atomic E-state index is 0.591. The van der Waals surface area contributed by atoms with Gasteiger partial charge in [-0.15, -0.1) is 0 Å². The van der Waals surface area contributed by atoms with Gasteiger partial charge in [0, 0.05) is 21.9 Å². The molecule has 4 aromatic rings. The van der Waals surface area contributed by atoms with E-state index in [4.69, 9.17) is 4.42 Å². The van der Waals surface area contributed by atoms with Crippen molar-refractivity contribution >= 4 is 43.9 Å². The summed E-state index contributed by atoms with van der Waals surface area (Å²) in [6.45, 7) is 4.00. The highest BCUT2D eigenvalue weighted by Gasteiger charge is 2.13. The maximum Gasteiger partial charge on any atom is 0.197 e. The zero-order valence-corrected chi connectivity index (χ0v) is 15.0. The summed E-state index contributed by atoms with van der Waals surface area (Å²) in [7, 11) is 0. The maximum absolute atomic E-state index is 5.86. The van der Waals surface area contributed by atoms with Gasteiger partial charge in [-0.05, 0) is 54.0 Å². The summed E-state index contributed by atoms with van der Waals surface area (Å²) in [4.78, 5) is 9.07. The van der Waals surface area contributed by atoms with Crippen molar-refractivity contribution in [3.63, 3.8) is 0 Å². The van der Waals surface area contributed by atoms with E-state index in [9.17, 15) is 0 Å². The van der Waals surface area contributed by atoms with Crippen LogP contribution in [0.25, 0.3) is 39.2 Å². The average Bonchev–Trinajstić information content (AvgIpc) is 2.89. The lowest BCUT2D eigenvalue weighted by atomic mass is 10.0. The van der Waals surface area contributed by atoms with Gasteiger partial charge >= 0.3 is 0 Å². The molecule has 0 spiro atoms. The number of aryl methyl sites for hydroxylation is 1. The number of aromatic nitrogens is 2. The first kappa shape index (κ1) is 15.1. The van der Waals surface area contributed by atoms with Gasteiger partial charge in [-0.1, -0.05) is 30.4 Å². The van der Waals surface area contributed by atoms with Crippen molar-refractivity contribution in [2.75, 3.05) is 0 Å². The quantitative estimate of drug-likeness (QED) is 0.392. The number of fused-ring (bicyclic) bond motifs is 2. The topological polar surface area (TPSA) is 38.9 Å². The molecule has 0 aliphatic rings. The van der Waals surface area contributed by atoms with Crippen LogP contribution in [-0.4, -0.2) is 9.97 Å². The normalized spacial score (nSPS) is 11.8. The Balaban J connectivity index is 2.02. The van der Waals surface area contributed by atoms with E-state index in [-0.39, 0.29) is 0 Å². The lowest BCUT2D eigenvalue weighted by Gasteiger charge is -2.06. The van der Waals surface area contributed by atoms with Crippen molar-refractivity contribution in [2.45, 2.75) is 13.8 Å². The monoisotopic (exact) mass is 378 g/mol. The van der Waals surface area contributed by atoms with Crippen LogP contribution in [0.4, 0.5) is 0 Å². The Kier molecular flexibility index (Phi) is 3.69. The molecule has 0 fully saturated rings. The molecular formula is C20H15BrN2O. The Bertz CT molecular complexity index is 1100. The van der Waals surface area contributed by atoms with Crippen LogP contribution in [0.5, 0.6) is 0 Å². The summed E-state index contributed by atoms with van der Waals surface area (Å²) < 4.78 is 6.45. The third-order valence-electron chi connectivity index (χ3n) is 4.09. The first-order valence-corrected chi connectivity index (χ1v) is 8.55. The number of benzene rings is 2. The van der Waals surface area contributed by atoms with Gasteiger partial charge in [0.1, 0.15) is 11.3 Å². The Labute approximate surface area is 148 Å². The maximum atomic E-state index is 5.86. The minimum Gasteiger partial charge on any atom is -0.461 e. The summed E-state index contributed by atoms with van der Waals surface area (Å²) in [6, 6.07) is 14.2. The second kappa shape index (κ2) is 5.87. The van der Waals surface area contributed by atoms with E-state index in [0.717, 1.165) is 44.5 Å². The Morgan fingerprint density at radius 2 is 1.88 bits per heavy atom. The second-order valence-corrected chi connectivity index (χ2v) is 6.35. The molecule has 0 bridgehead atoms. The molecule has 0 saturated carbocycles. The number of nitrogens with zero attached hydrogens (tertiary/aromatic N) is 2. The Morgan fingerprint density at radius 1 is 1.04 bits per heavy atom. The number of halogens is 1. The molecule has 0 amide bonds. The third-order valence-corrected chi connectivity index (χ3v) is 4.45. The predicted molar refractivity (Wildman–Crippen MR) is 102 cm³/mol. The molecule has 0 aliphatic heterocycles. The second-order valence-electron chi connectivity index (χ2n) is 5.64. The fourth-order valence-corrected chi connectivity index (χ4v) is 3.40. The molecular weight excluding hydrogens is 364 g/mol. The minimum absolute atomic E-state index is 0.591. The van der Waals surface area contributed by atoms with Crippen LogP contribution >= 0.6 is 15.9 Å². The van der Waals surface area contributed by atoms with Crippen LogP contribution in [0.1, 0.15) is 18.2 Å². The van der Waals surface area contributed by atoms with Crippen molar-refractivity contribution in [3.05, 3.63) is 64.6 Å². The molecule has 0 saturated heterocycles. The number of hydrogen-bond donors (Lipinski definition) is 0. The first-order valence-electron chi connectivity index (χ1n) is 7.76. The van der Waals surface area contributed by atoms with Gasteiger partial charge in [-0.3, -0.25) is 0 Å². The molecule has 4 heteroatoms. The summed E-state index contributed by atoms with van der Waals surface area (Å²) in [5.41, 5.74) is 4.90. The fourth-order valence-electron chi connectivity index (χ4n) is 3.03. The van der Waals surface area contributed by atoms with Crippen LogP contribution in [0.15, 0.2) is 57.7 Å². The predicted octanol–water partition coefficient (Wildman–Crippen LogP) is 6.15. The van der Waals surface area contributed by atoms with Crippen LogP contribution < -0.4 is 0 Å². The van der Waals surface area contributed by atoms with Crippen LogP contribution in [-0.2, 0) is 0 Å². The van der Waals surface area contributed by atoms with Crippen molar-refractivity contribution in [2.24, 2.45) is 0 Å². The average molecular weight is 379 g/mol. The number of para-hydroxylation sites is 1. The van der Waals surface area contributed by atoms with Gasteiger partial charge in [0.25, 0.3) is 0 Å². The molecule has 0 atom stereocenters. The molecule has 0 N–H and O–H groups in total. The van der Waals surface area contributed by atoms with Crippen molar-refractivity contribution in [1.82, 2.24) is 9.97 Å². The third kappa shape index (κ3) is 2.43. The SMILES string of the molecule is C/C=C\c1c(C)oc2ccc(-c3nc(Br)nc4ccccc34)cc12. The van der Waals surface area contributed by atoms with E-state index in [2.05, 4.69) is 44.1 Å². The van der Waals surface area contributed by atoms with E-state index in [1.54, 1.807) is 0 Å². The molecule has 2 aromatic carbocycles. The molecule has 0 radical (unpaired) electrons. The molecule has 118 valence electrons. The Morgan fingerprint density at radius 3 is 2.71 bits per heavy atom. The summed E-state index contributed by atoms with van der Waals surface area (Å²) in [6.07, 6.45) is 4.11. The van der Waals surface area contributed by atoms with Crippen molar-refractivity contribution in [1.29, 1.82) is 0 Å². The van der Waals surface area contributed by atoms with Gasteiger partial charge in [-0.2, -0.15) is 0 Å². The fraction of sp³-hybridized carbons (Fsp3) is 0.100. The lowest BCUT2D eigenvalue weighted by molar-refractivity contribution is 0.577. The van der Waals surface area contributed by atoms with Crippen LogP contribution in [0.3, 0.4) is 0 Å². The molecule has 2 aromatic heterocycles. The van der Waals surface area contributed by atoms with E-state index in [1.165, 1.54) is 0 Å². The van der Waals surface area contributed by atoms with Gasteiger partial charge in [-0.25, -0.2) is 9.97 Å². The highest BCUT2D eigenvalue weighted by molar-refractivity contribution is 9.10. The summed E-state index contributed by atoms with van der Waals surface area (Å²) in [5, 5.41) is 2.13. The zero-order valence-electron chi connectivity index (χ0n) is 13.4. The standard InChI is InChI=1S/C20H15BrN2O/c1-3-6-14-12(2)24-18-10-9-13(11-16(14)18)19-15-7-4-5-8-17(15)22-20(21)23-19/h3-11H,1-2H3/b6-3-. The molecule has 4 rings (SSSR count). The molecule has 3 nitrogen and oxygen atoms in total. The number of rotatable bonds is 2. The van der Waals surface area contributed by atoms with Gasteiger partial charge < -0.3 is 4.42 Å². The molecule has 24 heavy (non-hydrogen) atoms. The number of furan rings is 1. The molecule has 0 aliphatic carbocycles. The van der Waals surface area contributed by atoms with Gasteiger partial charge in [0.2, 0.25) is 0 Å². The smallest absolute Gasteiger partial charge is 0.197 e. The van der Waals surface area contributed by atoms with Gasteiger partial charge in [0.15, 0.2) is 4.73 Å². The van der Waals surface area contributed by atoms with E-state index in [1.807, 2.05) is 50.3 Å². The lowest BCUT2D eigenvalue weighted by Crippen LogP contribution is -1.91. The first-order chi connectivity index (χ1) is 11.7. The van der Waals surface area contributed by atoms with Crippen molar-refractivity contribution in [3.8, 4) is 11.3 Å². The van der Waals surface area contributed by atoms with Crippen LogP contribution in [0, 0.1) is 6.92 Å². The van der Waals surface area contributed by atoms with Crippen molar-refractivity contribution < 1.29 is 4.42 Å². The number of allylic oxidation sites excluding steroid dienone is 1. The highest BCUT2D eigenvalue weighted by Crippen LogP contribution is 2.33. The Hall–Kier alpha value is -2.46. The molecule has 0 unspecified atom stereocenters. The largest absolute Gasteiger partial charge is 0.461 e. The van der Waals surface area contributed by atoms with E-state index < -0.39 is 0 Å². The summed E-state index contributed by atoms with van der Waals surface area (Å²) >= 11 is 3.42. The van der Waals surface area contributed by atoms with Gasteiger partial charge in [0.05, 0.1) is 11.2 Å². The number of hydrogen-bond acceptors (Lipinski definition) is 3. The molecule has 2 heterocycles. The highest BCUT2D eigenvalue weighted by atomic mass is 79.9. The summed E-state index contributed by atoms with van der Waals surface area (Å²) in [5.74, 6) is 0.925. The zero-order chi connectivity index (χ0) is 16.7. The van der Waals surface area contributed by atoms with E-state index in [0.29, 0.717) is 4.73 Å². The van der Waals surface area contributed by atoms with E-state index >= 15 is 0 Å².